The average molecular weight is 330 g/mol. The molecule has 1 aromatic carbocycles. The number of hydrogen-bond acceptors (Lipinski definition) is 4. The first-order valence-corrected chi connectivity index (χ1v) is 8.33. The molecule has 2 aromatic rings. The van der Waals surface area contributed by atoms with Crippen molar-refractivity contribution in [3.05, 3.63) is 52.2 Å². The van der Waals surface area contributed by atoms with Gasteiger partial charge in [-0.05, 0) is 30.5 Å². The van der Waals surface area contributed by atoms with Crippen LogP contribution in [0.5, 0.6) is 0 Å². The van der Waals surface area contributed by atoms with Crippen LogP contribution in [0.25, 0.3) is 0 Å². The zero-order chi connectivity index (χ0) is 16.2. The standard InChI is InChI=1S/C17H18N2O3S/c1-12-4-6-13(7-5-12)19-11-14(22-17(19)21)10-18-16(20)9-15-3-2-8-23-15/h2-8,14H,9-11H2,1H3,(H,18,20). The van der Waals surface area contributed by atoms with Crippen molar-refractivity contribution in [1.29, 1.82) is 0 Å². The molecule has 1 aliphatic heterocycles. The molecule has 2 heterocycles. The van der Waals surface area contributed by atoms with Gasteiger partial charge in [0.1, 0.15) is 6.10 Å². The Hall–Kier alpha value is -2.34. The Balaban J connectivity index is 1.51. The summed E-state index contributed by atoms with van der Waals surface area (Å²) in [5, 5.41) is 4.77. The van der Waals surface area contributed by atoms with Crippen molar-refractivity contribution in [2.24, 2.45) is 0 Å². The molecule has 23 heavy (non-hydrogen) atoms. The summed E-state index contributed by atoms with van der Waals surface area (Å²) in [6.07, 6.45) is -0.331. The molecule has 0 saturated carbocycles. The number of benzene rings is 1. The zero-order valence-electron chi connectivity index (χ0n) is 12.8. The largest absolute Gasteiger partial charge is 0.442 e. The number of nitrogens with zero attached hydrogens (tertiary/aromatic N) is 1. The van der Waals surface area contributed by atoms with E-state index in [1.54, 1.807) is 16.2 Å². The summed E-state index contributed by atoms with van der Waals surface area (Å²) in [5.74, 6) is -0.0581. The molecule has 1 fully saturated rings. The van der Waals surface area contributed by atoms with Crippen molar-refractivity contribution >= 4 is 29.0 Å². The minimum absolute atomic E-state index is 0.0581. The van der Waals surface area contributed by atoms with E-state index in [0.717, 1.165) is 16.1 Å². The van der Waals surface area contributed by atoms with Gasteiger partial charge in [0, 0.05) is 10.6 Å². The van der Waals surface area contributed by atoms with Crippen LogP contribution in [0.3, 0.4) is 0 Å². The highest BCUT2D eigenvalue weighted by Crippen LogP contribution is 2.21. The number of thiophene rings is 1. The second-order valence-corrected chi connectivity index (χ2v) is 6.54. The monoisotopic (exact) mass is 330 g/mol. The number of carbonyl (C=O) groups is 2. The third-order valence-corrected chi connectivity index (χ3v) is 4.54. The third-order valence-electron chi connectivity index (χ3n) is 3.66. The molecule has 0 radical (unpaired) electrons. The first-order chi connectivity index (χ1) is 11.1. The predicted molar refractivity (Wildman–Crippen MR) is 89.8 cm³/mol. The van der Waals surface area contributed by atoms with Crippen LogP contribution >= 0.6 is 11.3 Å². The van der Waals surface area contributed by atoms with Crippen molar-refractivity contribution in [3.8, 4) is 0 Å². The average Bonchev–Trinajstić information content (AvgIpc) is 3.16. The second kappa shape index (κ2) is 6.83. The Morgan fingerprint density at radius 2 is 2.13 bits per heavy atom. The molecular formula is C17H18N2O3S. The van der Waals surface area contributed by atoms with Crippen LogP contribution in [0.15, 0.2) is 41.8 Å². The van der Waals surface area contributed by atoms with Crippen LogP contribution in [-0.4, -0.2) is 31.2 Å². The number of hydrogen-bond donors (Lipinski definition) is 1. The molecule has 2 amide bonds. The summed E-state index contributed by atoms with van der Waals surface area (Å²) < 4.78 is 5.32. The molecule has 0 bridgehead atoms. The summed E-state index contributed by atoms with van der Waals surface area (Å²) in [5.41, 5.74) is 1.95. The van der Waals surface area contributed by atoms with E-state index in [1.807, 2.05) is 48.7 Å². The number of aryl methyl sites for hydroxylation is 1. The highest BCUT2D eigenvalue weighted by molar-refractivity contribution is 7.10. The molecule has 1 aromatic heterocycles. The maximum atomic E-state index is 12.0. The summed E-state index contributed by atoms with van der Waals surface area (Å²) in [6.45, 7) is 2.78. The maximum Gasteiger partial charge on any atom is 0.414 e. The predicted octanol–water partition coefficient (Wildman–Crippen LogP) is 2.74. The second-order valence-electron chi connectivity index (χ2n) is 5.51. The van der Waals surface area contributed by atoms with Gasteiger partial charge >= 0.3 is 6.09 Å². The fraction of sp³-hybridized carbons (Fsp3) is 0.294. The van der Waals surface area contributed by atoms with Crippen LogP contribution in [0.4, 0.5) is 10.5 Å². The highest BCUT2D eigenvalue weighted by Gasteiger charge is 2.32. The van der Waals surface area contributed by atoms with E-state index >= 15 is 0 Å². The lowest BCUT2D eigenvalue weighted by Gasteiger charge is -2.13. The van der Waals surface area contributed by atoms with Gasteiger partial charge in [0.2, 0.25) is 5.91 Å². The topological polar surface area (TPSA) is 58.6 Å². The fourth-order valence-corrected chi connectivity index (χ4v) is 3.13. The van der Waals surface area contributed by atoms with E-state index in [-0.39, 0.29) is 18.1 Å². The van der Waals surface area contributed by atoms with Crippen molar-refractivity contribution in [3.63, 3.8) is 0 Å². The molecule has 120 valence electrons. The lowest BCUT2D eigenvalue weighted by molar-refractivity contribution is -0.120. The number of cyclic esters (lactones) is 1. The number of ether oxygens (including phenoxy) is 1. The van der Waals surface area contributed by atoms with Gasteiger partial charge in [0.05, 0.1) is 19.5 Å². The third kappa shape index (κ3) is 3.90. The Kier molecular flexibility index (Phi) is 4.62. The lowest BCUT2D eigenvalue weighted by Crippen LogP contribution is -2.35. The van der Waals surface area contributed by atoms with Gasteiger partial charge in [-0.25, -0.2) is 4.79 Å². The van der Waals surface area contributed by atoms with Crippen molar-refractivity contribution in [2.45, 2.75) is 19.4 Å². The van der Waals surface area contributed by atoms with E-state index in [0.29, 0.717) is 19.5 Å². The minimum atomic E-state index is -0.369. The van der Waals surface area contributed by atoms with Gasteiger partial charge in [-0.2, -0.15) is 0 Å². The molecule has 0 aliphatic carbocycles. The summed E-state index contributed by atoms with van der Waals surface area (Å²) in [7, 11) is 0. The molecule has 5 nitrogen and oxygen atoms in total. The molecule has 1 unspecified atom stereocenters. The molecule has 1 saturated heterocycles. The van der Waals surface area contributed by atoms with Crippen LogP contribution in [0, 0.1) is 6.92 Å². The number of carbonyl (C=O) groups excluding carboxylic acids is 2. The van der Waals surface area contributed by atoms with E-state index in [9.17, 15) is 9.59 Å². The summed E-state index contributed by atoms with van der Waals surface area (Å²) >= 11 is 1.55. The SMILES string of the molecule is Cc1ccc(N2CC(CNC(=O)Cc3cccs3)OC2=O)cc1. The molecule has 1 N–H and O–H groups in total. The minimum Gasteiger partial charge on any atom is -0.442 e. The highest BCUT2D eigenvalue weighted by atomic mass is 32.1. The molecule has 1 aliphatic rings. The smallest absolute Gasteiger partial charge is 0.414 e. The van der Waals surface area contributed by atoms with Crippen LogP contribution in [-0.2, 0) is 16.0 Å². The van der Waals surface area contributed by atoms with Crippen LogP contribution in [0.2, 0.25) is 0 Å². The molecule has 1 atom stereocenters. The molecule has 0 spiro atoms. The summed E-state index contributed by atoms with van der Waals surface area (Å²) in [6, 6.07) is 11.6. The Morgan fingerprint density at radius 1 is 1.35 bits per heavy atom. The Labute approximate surface area is 138 Å². The first-order valence-electron chi connectivity index (χ1n) is 7.46. The molecule has 6 heteroatoms. The van der Waals surface area contributed by atoms with E-state index in [1.165, 1.54) is 0 Å². The fourth-order valence-electron chi connectivity index (χ4n) is 2.42. The van der Waals surface area contributed by atoms with E-state index < -0.39 is 0 Å². The van der Waals surface area contributed by atoms with Gasteiger partial charge in [-0.1, -0.05) is 23.8 Å². The quantitative estimate of drug-likeness (QED) is 0.917. The van der Waals surface area contributed by atoms with Gasteiger partial charge < -0.3 is 10.1 Å². The maximum absolute atomic E-state index is 12.0. The van der Waals surface area contributed by atoms with E-state index in [2.05, 4.69) is 5.32 Å². The van der Waals surface area contributed by atoms with Gasteiger partial charge in [0.25, 0.3) is 0 Å². The Bertz CT molecular complexity index is 682. The Morgan fingerprint density at radius 3 is 2.83 bits per heavy atom. The van der Waals surface area contributed by atoms with Gasteiger partial charge in [-0.3, -0.25) is 9.69 Å². The first kappa shape index (κ1) is 15.6. The number of amides is 2. The van der Waals surface area contributed by atoms with Crippen molar-refractivity contribution in [1.82, 2.24) is 5.32 Å². The normalized spacial score (nSPS) is 17.2. The van der Waals surface area contributed by atoms with Crippen molar-refractivity contribution in [2.75, 3.05) is 18.0 Å². The number of nitrogens with one attached hydrogen (secondary N) is 1. The zero-order valence-corrected chi connectivity index (χ0v) is 13.6. The lowest BCUT2D eigenvalue weighted by atomic mass is 10.2. The molecular weight excluding hydrogens is 312 g/mol. The van der Waals surface area contributed by atoms with Gasteiger partial charge in [-0.15, -0.1) is 11.3 Å². The number of anilines is 1. The molecule has 3 rings (SSSR count). The van der Waals surface area contributed by atoms with E-state index in [4.69, 9.17) is 4.74 Å². The van der Waals surface area contributed by atoms with Crippen LogP contribution in [0.1, 0.15) is 10.4 Å². The van der Waals surface area contributed by atoms with Crippen molar-refractivity contribution < 1.29 is 14.3 Å². The summed E-state index contributed by atoms with van der Waals surface area (Å²) in [4.78, 5) is 26.5. The van der Waals surface area contributed by atoms with Gasteiger partial charge in [0.15, 0.2) is 0 Å². The number of rotatable bonds is 5. The van der Waals surface area contributed by atoms with Crippen LogP contribution < -0.4 is 10.2 Å².